The summed E-state index contributed by atoms with van der Waals surface area (Å²) in [5.74, 6) is -1.97. The van der Waals surface area contributed by atoms with Gasteiger partial charge in [-0.05, 0) is 25.8 Å². The Balaban J connectivity index is 2.37. The summed E-state index contributed by atoms with van der Waals surface area (Å²) in [6.07, 6.45) is 4.25. The van der Waals surface area contributed by atoms with E-state index in [1.165, 1.54) is 4.90 Å². The van der Waals surface area contributed by atoms with Crippen LogP contribution in [-0.2, 0) is 9.59 Å². The lowest BCUT2D eigenvalue weighted by atomic mass is 9.88. The van der Waals surface area contributed by atoms with E-state index >= 15 is 0 Å². The predicted octanol–water partition coefficient (Wildman–Crippen LogP) is -0.189. The van der Waals surface area contributed by atoms with Crippen molar-refractivity contribution in [3.8, 4) is 0 Å². The molecule has 4 radical (unpaired) electrons. The number of hydrogen-bond donors (Lipinski definition) is 3. The molecule has 0 aromatic heterocycles. The minimum atomic E-state index is -1.05. The smallest absolute Gasteiger partial charge is 0.317 e. The molecule has 0 spiro atoms. The zero-order chi connectivity index (χ0) is 18.6. The van der Waals surface area contributed by atoms with Crippen molar-refractivity contribution in [2.75, 3.05) is 32.7 Å². The van der Waals surface area contributed by atoms with Gasteiger partial charge >= 0.3 is 11.9 Å². The van der Waals surface area contributed by atoms with Gasteiger partial charge in [0.15, 0.2) is 0 Å². The lowest BCUT2D eigenvalue weighted by Gasteiger charge is -2.43. The molecule has 2 rings (SSSR count). The standard InChI is InChI=1S/C17H28N4O4/c1-19-11-17(7-8-18,20(2)9-15(22)23)12-21(10-16(24)25)14-6-4-3-5-13(14)19/h1-2,13-14H,3-12,18H2,(H,22,23)(H,24,25)/t13-,14-,17?/m0/s1. The van der Waals surface area contributed by atoms with Gasteiger partial charge in [0.25, 0.3) is 0 Å². The van der Waals surface area contributed by atoms with E-state index in [0.29, 0.717) is 26.1 Å². The van der Waals surface area contributed by atoms with Crippen LogP contribution in [-0.4, -0.2) is 87.2 Å². The van der Waals surface area contributed by atoms with Crippen molar-refractivity contribution in [1.82, 2.24) is 14.7 Å². The van der Waals surface area contributed by atoms with Gasteiger partial charge in [0.05, 0.1) is 13.1 Å². The number of fused-ring (bicyclic) bond motifs is 1. The van der Waals surface area contributed by atoms with E-state index in [4.69, 9.17) is 24.9 Å². The molecule has 1 unspecified atom stereocenters. The predicted molar refractivity (Wildman–Crippen MR) is 91.3 cm³/mol. The van der Waals surface area contributed by atoms with Crippen molar-refractivity contribution in [1.29, 1.82) is 0 Å². The highest BCUT2D eigenvalue weighted by atomic mass is 16.4. The summed E-state index contributed by atoms with van der Waals surface area (Å²) in [6, 6.07) is 0.0544. The largest absolute Gasteiger partial charge is 0.480 e. The second-order valence-electron chi connectivity index (χ2n) is 7.17. The molecule has 2 fully saturated rings. The van der Waals surface area contributed by atoms with Gasteiger partial charge in [0.2, 0.25) is 0 Å². The van der Waals surface area contributed by atoms with Crippen molar-refractivity contribution in [2.45, 2.75) is 49.7 Å². The van der Waals surface area contributed by atoms with E-state index in [-0.39, 0.29) is 25.2 Å². The quantitative estimate of drug-likeness (QED) is 0.541. The van der Waals surface area contributed by atoms with Gasteiger partial charge in [0.1, 0.15) is 0 Å². The van der Waals surface area contributed by atoms with Crippen molar-refractivity contribution in [3.63, 3.8) is 0 Å². The molecule has 1 saturated heterocycles. The molecule has 4 N–H and O–H groups in total. The first-order chi connectivity index (χ1) is 11.8. The Bertz CT molecular complexity index is 489. The molecule has 0 aromatic carbocycles. The second-order valence-corrected chi connectivity index (χ2v) is 7.17. The maximum absolute atomic E-state index is 11.4. The Labute approximate surface area is 149 Å². The Morgan fingerprint density at radius 1 is 1.16 bits per heavy atom. The third-order valence-electron chi connectivity index (χ3n) is 5.43. The topological polar surface area (TPSA) is 110 Å². The van der Waals surface area contributed by atoms with Crippen molar-refractivity contribution >= 4 is 11.9 Å². The zero-order valence-corrected chi connectivity index (χ0v) is 14.5. The second kappa shape index (κ2) is 8.44. The number of aliphatic carboxylic acids is 2. The first-order valence-electron chi connectivity index (χ1n) is 8.70. The van der Waals surface area contributed by atoms with E-state index in [0.717, 1.165) is 25.7 Å². The van der Waals surface area contributed by atoms with E-state index in [1.807, 2.05) is 4.90 Å². The van der Waals surface area contributed by atoms with Crippen LogP contribution in [0.1, 0.15) is 32.1 Å². The van der Waals surface area contributed by atoms with Gasteiger partial charge in [-0.15, -0.1) is 0 Å². The Hall–Kier alpha value is -1.22. The summed E-state index contributed by atoms with van der Waals surface area (Å²) in [6.45, 7) is 0.504. The van der Waals surface area contributed by atoms with Crippen LogP contribution in [0, 0.1) is 14.1 Å². The number of carboxylic acids is 2. The molecule has 1 aliphatic carbocycles. The first-order valence-corrected chi connectivity index (χ1v) is 8.70. The number of rotatable bonds is 7. The van der Waals surface area contributed by atoms with Crippen LogP contribution >= 0.6 is 0 Å². The fourth-order valence-corrected chi connectivity index (χ4v) is 4.32. The molecular weight excluding hydrogens is 324 g/mol. The highest BCUT2D eigenvalue weighted by Gasteiger charge is 2.46. The molecule has 8 heteroatoms. The van der Waals surface area contributed by atoms with Crippen LogP contribution in [0.4, 0.5) is 0 Å². The minimum absolute atomic E-state index is 0.0210. The SMILES string of the molecule is [CH]N1CC(CCN)(N([CH])CC(=O)O)CN(CC(=O)O)[C@H]2CCCC[C@@H]21. The molecule has 1 heterocycles. The van der Waals surface area contributed by atoms with Crippen LogP contribution in [0.15, 0.2) is 0 Å². The molecule has 1 aliphatic heterocycles. The Morgan fingerprint density at radius 3 is 2.36 bits per heavy atom. The zero-order valence-electron chi connectivity index (χ0n) is 14.5. The average molecular weight is 352 g/mol. The Kier molecular flexibility index (Phi) is 6.79. The van der Waals surface area contributed by atoms with Gasteiger partial charge < -0.3 is 15.9 Å². The van der Waals surface area contributed by atoms with Crippen molar-refractivity contribution in [2.24, 2.45) is 5.73 Å². The van der Waals surface area contributed by atoms with Crippen LogP contribution in [0.3, 0.4) is 0 Å². The Morgan fingerprint density at radius 2 is 1.80 bits per heavy atom. The monoisotopic (exact) mass is 352 g/mol. The lowest BCUT2D eigenvalue weighted by molar-refractivity contribution is -0.142. The summed E-state index contributed by atoms with van der Waals surface area (Å²) in [7, 11) is 12.5. The number of nitrogens with two attached hydrogens (primary N) is 1. The number of carbonyl (C=O) groups is 2. The molecule has 0 amide bonds. The summed E-state index contributed by atoms with van der Waals surface area (Å²) in [4.78, 5) is 27.5. The molecule has 25 heavy (non-hydrogen) atoms. The van der Waals surface area contributed by atoms with Crippen LogP contribution in [0.2, 0.25) is 0 Å². The summed E-state index contributed by atoms with van der Waals surface area (Å²) in [5, 5.41) is 18.5. The van der Waals surface area contributed by atoms with E-state index in [1.54, 1.807) is 4.90 Å². The van der Waals surface area contributed by atoms with E-state index < -0.39 is 17.5 Å². The number of carboxylic acid groups (broad SMARTS) is 2. The van der Waals surface area contributed by atoms with Crippen molar-refractivity contribution in [3.05, 3.63) is 14.1 Å². The average Bonchev–Trinajstić information content (AvgIpc) is 2.63. The number of hydrogen-bond acceptors (Lipinski definition) is 6. The highest BCUT2D eigenvalue weighted by Crippen LogP contribution is 2.35. The van der Waals surface area contributed by atoms with Crippen LogP contribution < -0.4 is 5.73 Å². The van der Waals surface area contributed by atoms with Gasteiger partial charge in [0, 0.05) is 44.8 Å². The van der Waals surface area contributed by atoms with Crippen LogP contribution in [0.5, 0.6) is 0 Å². The highest BCUT2D eigenvalue weighted by molar-refractivity contribution is 5.69. The minimum Gasteiger partial charge on any atom is -0.480 e. The summed E-state index contributed by atoms with van der Waals surface area (Å²) >= 11 is 0. The molecule has 0 aromatic rings. The normalized spacial score (nSPS) is 31.5. The van der Waals surface area contributed by atoms with Gasteiger partial charge in [-0.2, -0.15) is 0 Å². The molecule has 2 aliphatic rings. The van der Waals surface area contributed by atoms with Gasteiger partial charge in [-0.1, -0.05) is 12.8 Å². The molecule has 3 atom stereocenters. The van der Waals surface area contributed by atoms with E-state index in [9.17, 15) is 14.7 Å². The summed E-state index contributed by atoms with van der Waals surface area (Å²) < 4.78 is 0. The number of nitrogens with zero attached hydrogens (tertiary/aromatic N) is 3. The van der Waals surface area contributed by atoms with Crippen LogP contribution in [0.25, 0.3) is 0 Å². The maximum Gasteiger partial charge on any atom is 0.317 e. The molecule has 1 saturated carbocycles. The third-order valence-corrected chi connectivity index (χ3v) is 5.43. The van der Waals surface area contributed by atoms with Gasteiger partial charge in [-0.3, -0.25) is 24.3 Å². The molecule has 8 nitrogen and oxygen atoms in total. The fourth-order valence-electron chi connectivity index (χ4n) is 4.32. The third kappa shape index (κ3) is 4.69. The molecule has 0 bridgehead atoms. The first kappa shape index (κ1) is 20.1. The molecule has 140 valence electrons. The fraction of sp³-hybridized carbons (Fsp3) is 0.765. The lowest BCUT2D eigenvalue weighted by Crippen LogP contribution is -2.59. The summed E-state index contributed by atoms with van der Waals surface area (Å²) in [5.41, 5.74) is 4.97. The van der Waals surface area contributed by atoms with Gasteiger partial charge in [-0.25, -0.2) is 0 Å². The van der Waals surface area contributed by atoms with Crippen molar-refractivity contribution < 1.29 is 19.8 Å². The van der Waals surface area contributed by atoms with E-state index in [2.05, 4.69) is 0 Å². The maximum atomic E-state index is 11.4. The molecular formula is C17H28N4O4.